The number of carbonyl (C=O) groups excluding carboxylic acids is 2. The normalized spacial score (nSPS) is 11.0. The summed E-state index contributed by atoms with van der Waals surface area (Å²) in [4.78, 5) is 23.6. The maximum absolute atomic E-state index is 12.5. The maximum Gasteiger partial charge on any atom is 0.416 e. The molecule has 0 aliphatic carbocycles. The number of amides is 2. The molecule has 2 rings (SSSR count). The van der Waals surface area contributed by atoms with Gasteiger partial charge in [-0.2, -0.15) is 13.2 Å². The second-order valence-electron chi connectivity index (χ2n) is 5.73. The Bertz CT molecular complexity index is 794. The van der Waals surface area contributed by atoms with E-state index < -0.39 is 11.7 Å². The van der Waals surface area contributed by atoms with E-state index in [9.17, 15) is 22.8 Å². The quantitative estimate of drug-likeness (QED) is 0.591. The molecule has 0 saturated heterocycles. The first-order valence-corrected chi connectivity index (χ1v) is 9.15. The SMILES string of the molecule is O=C(CCNC(=O)c1ccc(Br)cc1)NCCOc1ccc(C(F)(F)F)cc1. The van der Waals surface area contributed by atoms with Crippen molar-refractivity contribution < 1.29 is 27.5 Å². The number of nitrogens with one attached hydrogen (secondary N) is 2. The summed E-state index contributed by atoms with van der Waals surface area (Å²) >= 11 is 3.28. The fourth-order valence-corrected chi connectivity index (χ4v) is 2.45. The topological polar surface area (TPSA) is 67.4 Å². The van der Waals surface area contributed by atoms with Gasteiger partial charge in [0.25, 0.3) is 5.91 Å². The molecule has 2 aromatic rings. The molecule has 0 radical (unpaired) electrons. The highest BCUT2D eigenvalue weighted by atomic mass is 79.9. The van der Waals surface area contributed by atoms with Crippen LogP contribution in [0, 0.1) is 0 Å². The monoisotopic (exact) mass is 458 g/mol. The summed E-state index contributed by atoms with van der Waals surface area (Å²) in [6.07, 6.45) is -4.29. The molecule has 0 unspecified atom stereocenters. The Morgan fingerprint density at radius 3 is 2.18 bits per heavy atom. The van der Waals surface area contributed by atoms with Crippen molar-refractivity contribution >= 4 is 27.7 Å². The van der Waals surface area contributed by atoms with Gasteiger partial charge in [0.2, 0.25) is 5.91 Å². The van der Waals surface area contributed by atoms with Gasteiger partial charge in [-0.05, 0) is 48.5 Å². The third-order valence-corrected chi connectivity index (χ3v) is 4.15. The first kappa shape index (κ1) is 21.7. The fourth-order valence-electron chi connectivity index (χ4n) is 2.18. The molecule has 0 aliphatic rings. The van der Waals surface area contributed by atoms with Crippen molar-refractivity contribution in [1.82, 2.24) is 10.6 Å². The zero-order valence-electron chi connectivity index (χ0n) is 14.7. The number of carbonyl (C=O) groups is 2. The van der Waals surface area contributed by atoms with Crippen molar-refractivity contribution in [2.75, 3.05) is 19.7 Å². The molecule has 0 heterocycles. The fraction of sp³-hybridized carbons (Fsp3) is 0.263. The molecule has 150 valence electrons. The first-order chi connectivity index (χ1) is 13.3. The highest BCUT2D eigenvalue weighted by Gasteiger charge is 2.29. The van der Waals surface area contributed by atoms with Crippen molar-refractivity contribution in [3.8, 4) is 5.75 Å². The van der Waals surface area contributed by atoms with Crippen LogP contribution in [-0.4, -0.2) is 31.5 Å². The van der Waals surface area contributed by atoms with E-state index in [-0.39, 0.29) is 43.7 Å². The zero-order valence-corrected chi connectivity index (χ0v) is 16.3. The molecular weight excluding hydrogens is 441 g/mol. The molecule has 0 bridgehead atoms. The number of benzene rings is 2. The lowest BCUT2D eigenvalue weighted by Crippen LogP contribution is -2.32. The highest BCUT2D eigenvalue weighted by molar-refractivity contribution is 9.10. The summed E-state index contributed by atoms with van der Waals surface area (Å²) in [6, 6.07) is 11.1. The molecule has 2 aromatic carbocycles. The molecule has 28 heavy (non-hydrogen) atoms. The Morgan fingerprint density at radius 1 is 0.929 bits per heavy atom. The van der Waals surface area contributed by atoms with E-state index in [0.717, 1.165) is 16.6 Å². The summed E-state index contributed by atoms with van der Waals surface area (Å²) in [5.74, 6) is -0.262. The van der Waals surface area contributed by atoms with Crippen LogP contribution in [0.5, 0.6) is 5.75 Å². The Morgan fingerprint density at radius 2 is 1.57 bits per heavy atom. The summed E-state index contributed by atoms with van der Waals surface area (Å²) in [5, 5.41) is 5.25. The third kappa shape index (κ3) is 7.22. The smallest absolute Gasteiger partial charge is 0.416 e. The Balaban J connectivity index is 1.61. The minimum absolute atomic E-state index is 0.0997. The highest BCUT2D eigenvalue weighted by Crippen LogP contribution is 2.30. The molecule has 2 amide bonds. The predicted octanol–water partition coefficient (Wildman–Crippen LogP) is 3.78. The van der Waals surface area contributed by atoms with Crippen LogP contribution in [0.25, 0.3) is 0 Å². The number of ether oxygens (including phenoxy) is 1. The molecule has 2 N–H and O–H groups in total. The number of halogens is 4. The van der Waals surface area contributed by atoms with E-state index in [1.165, 1.54) is 12.1 Å². The first-order valence-electron chi connectivity index (χ1n) is 8.36. The van der Waals surface area contributed by atoms with Crippen molar-refractivity contribution in [3.63, 3.8) is 0 Å². The second kappa shape index (κ2) is 10.1. The van der Waals surface area contributed by atoms with Crippen molar-refractivity contribution in [3.05, 3.63) is 64.1 Å². The second-order valence-corrected chi connectivity index (χ2v) is 6.65. The van der Waals surface area contributed by atoms with E-state index in [0.29, 0.717) is 5.56 Å². The average Bonchev–Trinajstić information content (AvgIpc) is 2.65. The van der Waals surface area contributed by atoms with Gasteiger partial charge >= 0.3 is 6.18 Å². The van der Waals surface area contributed by atoms with Crippen LogP contribution < -0.4 is 15.4 Å². The number of alkyl halides is 3. The third-order valence-electron chi connectivity index (χ3n) is 3.62. The van der Waals surface area contributed by atoms with Crippen LogP contribution in [0.4, 0.5) is 13.2 Å². The van der Waals surface area contributed by atoms with Gasteiger partial charge in [0.15, 0.2) is 0 Å². The van der Waals surface area contributed by atoms with Gasteiger partial charge in [-0.25, -0.2) is 0 Å². The van der Waals surface area contributed by atoms with E-state index in [1.807, 2.05) is 0 Å². The summed E-state index contributed by atoms with van der Waals surface area (Å²) in [5.41, 5.74) is -0.258. The van der Waals surface area contributed by atoms with Gasteiger partial charge in [-0.1, -0.05) is 15.9 Å². The minimum atomic E-state index is -4.39. The Hall–Kier alpha value is -2.55. The van der Waals surface area contributed by atoms with Gasteiger partial charge in [-0.3, -0.25) is 9.59 Å². The molecule has 9 heteroatoms. The maximum atomic E-state index is 12.5. The lowest BCUT2D eigenvalue weighted by atomic mass is 10.2. The van der Waals surface area contributed by atoms with Gasteiger partial charge in [0, 0.05) is 23.0 Å². The number of hydrogen-bond donors (Lipinski definition) is 2. The predicted molar refractivity (Wildman–Crippen MR) is 101 cm³/mol. The van der Waals surface area contributed by atoms with Gasteiger partial charge in [-0.15, -0.1) is 0 Å². The van der Waals surface area contributed by atoms with Crippen LogP contribution in [0.2, 0.25) is 0 Å². The standard InChI is InChI=1S/C19H18BrF3N2O3/c20-15-5-1-13(2-6-15)18(27)25-10-9-17(26)24-11-12-28-16-7-3-14(4-8-16)19(21,22)23/h1-8H,9-12H2,(H,24,26)(H,25,27). The average molecular weight is 459 g/mol. The van der Waals surface area contributed by atoms with E-state index >= 15 is 0 Å². The minimum Gasteiger partial charge on any atom is -0.492 e. The molecule has 0 saturated carbocycles. The van der Waals surface area contributed by atoms with E-state index in [1.54, 1.807) is 24.3 Å². The van der Waals surface area contributed by atoms with Gasteiger partial charge in [0.1, 0.15) is 12.4 Å². The lowest BCUT2D eigenvalue weighted by molar-refractivity contribution is -0.137. The zero-order chi connectivity index (χ0) is 20.6. The van der Waals surface area contributed by atoms with Crippen molar-refractivity contribution in [2.45, 2.75) is 12.6 Å². The molecule has 0 aromatic heterocycles. The van der Waals surface area contributed by atoms with E-state index in [4.69, 9.17) is 4.74 Å². The van der Waals surface area contributed by atoms with Crippen molar-refractivity contribution in [2.24, 2.45) is 0 Å². The largest absolute Gasteiger partial charge is 0.492 e. The van der Waals surface area contributed by atoms with Crippen LogP contribution in [-0.2, 0) is 11.0 Å². The molecule has 0 fully saturated rings. The molecule has 0 aliphatic heterocycles. The summed E-state index contributed by atoms with van der Waals surface area (Å²) in [7, 11) is 0. The van der Waals surface area contributed by atoms with Crippen molar-refractivity contribution in [1.29, 1.82) is 0 Å². The van der Waals surface area contributed by atoms with Gasteiger partial charge in [0.05, 0.1) is 12.1 Å². The Kier molecular flexibility index (Phi) is 7.86. The molecule has 0 spiro atoms. The summed E-state index contributed by atoms with van der Waals surface area (Å²) in [6.45, 7) is 0.489. The van der Waals surface area contributed by atoms with Crippen LogP contribution >= 0.6 is 15.9 Å². The number of hydrogen-bond acceptors (Lipinski definition) is 3. The van der Waals surface area contributed by atoms with Crippen LogP contribution in [0.15, 0.2) is 53.0 Å². The Labute approximate surface area is 168 Å². The summed E-state index contributed by atoms with van der Waals surface area (Å²) < 4.78 is 43.5. The van der Waals surface area contributed by atoms with Gasteiger partial charge < -0.3 is 15.4 Å². The number of rotatable bonds is 8. The molecular formula is C19H18BrF3N2O3. The molecule has 5 nitrogen and oxygen atoms in total. The molecule has 0 atom stereocenters. The van der Waals surface area contributed by atoms with Crippen LogP contribution in [0.1, 0.15) is 22.3 Å². The van der Waals surface area contributed by atoms with E-state index in [2.05, 4.69) is 26.6 Å². The lowest BCUT2D eigenvalue weighted by Gasteiger charge is -2.10. The van der Waals surface area contributed by atoms with Crippen LogP contribution in [0.3, 0.4) is 0 Å².